The minimum absolute atomic E-state index is 0.271. The number of nitrogens with zero attached hydrogens (tertiary/aromatic N) is 3. The molecule has 4 rings (SSSR count). The summed E-state index contributed by atoms with van der Waals surface area (Å²) >= 11 is 0. The van der Waals surface area contributed by atoms with E-state index in [0.29, 0.717) is 5.95 Å². The Hall–Kier alpha value is -3.34. The van der Waals surface area contributed by atoms with Crippen molar-refractivity contribution in [2.45, 2.75) is 6.92 Å². The highest BCUT2D eigenvalue weighted by atomic mass is 16.3. The van der Waals surface area contributed by atoms with Gasteiger partial charge < -0.3 is 10.4 Å². The van der Waals surface area contributed by atoms with Crippen LogP contribution in [0.4, 0.5) is 11.6 Å². The van der Waals surface area contributed by atoms with Crippen molar-refractivity contribution in [1.29, 1.82) is 0 Å². The summed E-state index contributed by atoms with van der Waals surface area (Å²) in [7, 11) is 0. The number of nitrogens with one attached hydrogen (secondary N) is 1. The molecule has 2 aromatic carbocycles. The molecule has 2 N–H and O–H groups in total. The van der Waals surface area contributed by atoms with Gasteiger partial charge >= 0.3 is 0 Å². The second-order valence-electron chi connectivity index (χ2n) is 5.65. The summed E-state index contributed by atoms with van der Waals surface area (Å²) in [5, 5.41) is 17.2. The molecule has 24 heavy (non-hydrogen) atoms. The minimum Gasteiger partial charge on any atom is -0.508 e. The van der Waals surface area contributed by atoms with E-state index in [-0.39, 0.29) is 5.75 Å². The third-order valence-electron chi connectivity index (χ3n) is 3.88. The molecule has 5 heteroatoms. The molecule has 0 aliphatic rings. The molecule has 0 saturated heterocycles. The number of aromatic hydroxyl groups is 1. The molecular formula is C19H16N4O. The first-order valence-corrected chi connectivity index (χ1v) is 7.67. The number of phenolic OH excluding ortho intramolecular Hbond substituents is 1. The van der Waals surface area contributed by atoms with E-state index in [1.807, 2.05) is 61.7 Å². The summed E-state index contributed by atoms with van der Waals surface area (Å²) in [6, 6.07) is 19.1. The summed E-state index contributed by atoms with van der Waals surface area (Å²) < 4.78 is 1.76. The smallest absolute Gasteiger partial charge is 0.247 e. The first-order valence-electron chi connectivity index (χ1n) is 7.67. The SMILES string of the molecule is Cc1cc(O)ccc1-c1ccc2nc(Nc3ccccc3)nn2c1. The molecule has 0 aliphatic carbocycles. The zero-order chi connectivity index (χ0) is 16.5. The van der Waals surface area contributed by atoms with Crippen molar-refractivity contribution in [3.63, 3.8) is 0 Å². The van der Waals surface area contributed by atoms with Gasteiger partial charge in [0.15, 0.2) is 5.65 Å². The highest BCUT2D eigenvalue weighted by molar-refractivity contribution is 5.69. The monoisotopic (exact) mass is 316 g/mol. The summed E-state index contributed by atoms with van der Waals surface area (Å²) in [6.07, 6.45) is 1.94. The number of pyridine rings is 1. The average Bonchev–Trinajstić information content (AvgIpc) is 2.97. The third kappa shape index (κ3) is 2.67. The Balaban J connectivity index is 1.71. The van der Waals surface area contributed by atoms with Crippen LogP contribution in [0.2, 0.25) is 0 Å². The molecule has 118 valence electrons. The van der Waals surface area contributed by atoms with E-state index in [0.717, 1.165) is 28.0 Å². The van der Waals surface area contributed by atoms with Crippen molar-refractivity contribution < 1.29 is 5.11 Å². The Morgan fingerprint density at radius 1 is 1.00 bits per heavy atom. The number of fused-ring (bicyclic) bond motifs is 1. The Bertz CT molecular complexity index is 1010. The van der Waals surface area contributed by atoms with Crippen LogP contribution in [0.5, 0.6) is 5.75 Å². The summed E-state index contributed by atoms with van der Waals surface area (Å²) in [6.45, 7) is 1.98. The van der Waals surface area contributed by atoms with Gasteiger partial charge in [-0.2, -0.15) is 4.98 Å². The van der Waals surface area contributed by atoms with Crippen LogP contribution < -0.4 is 5.32 Å². The van der Waals surface area contributed by atoms with Crippen molar-refractivity contribution >= 4 is 17.3 Å². The standard InChI is InChI=1S/C19H16N4O/c1-13-11-16(24)8-9-17(13)14-7-10-18-21-19(22-23(18)12-14)20-15-5-3-2-4-6-15/h2-12,24H,1H3,(H,20,22). The van der Waals surface area contributed by atoms with E-state index in [2.05, 4.69) is 15.4 Å². The largest absolute Gasteiger partial charge is 0.508 e. The van der Waals surface area contributed by atoms with Crippen LogP contribution in [-0.4, -0.2) is 19.7 Å². The predicted molar refractivity (Wildman–Crippen MR) is 94.5 cm³/mol. The molecule has 0 spiro atoms. The van der Waals surface area contributed by atoms with Crippen LogP contribution in [0, 0.1) is 6.92 Å². The van der Waals surface area contributed by atoms with Crippen molar-refractivity contribution in [1.82, 2.24) is 14.6 Å². The fourth-order valence-corrected chi connectivity index (χ4v) is 2.72. The number of anilines is 2. The van der Waals surface area contributed by atoms with E-state index in [9.17, 15) is 5.11 Å². The van der Waals surface area contributed by atoms with Crippen molar-refractivity contribution in [3.05, 3.63) is 72.4 Å². The number of aromatic nitrogens is 3. The predicted octanol–water partition coefficient (Wildman–Crippen LogP) is 4.15. The van der Waals surface area contributed by atoms with Gasteiger partial charge in [0.1, 0.15) is 5.75 Å². The molecule has 0 unspecified atom stereocenters. The maximum absolute atomic E-state index is 9.56. The normalized spacial score (nSPS) is 10.9. The molecular weight excluding hydrogens is 300 g/mol. The molecule has 0 bridgehead atoms. The lowest BCUT2D eigenvalue weighted by Gasteiger charge is -2.06. The first kappa shape index (κ1) is 14.3. The van der Waals surface area contributed by atoms with E-state index >= 15 is 0 Å². The molecule has 0 fully saturated rings. The molecule has 0 amide bonds. The lowest BCUT2D eigenvalue weighted by atomic mass is 10.0. The lowest BCUT2D eigenvalue weighted by Crippen LogP contribution is -1.93. The van der Waals surface area contributed by atoms with Gasteiger partial charge in [0.2, 0.25) is 5.95 Å². The number of benzene rings is 2. The number of para-hydroxylation sites is 1. The maximum Gasteiger partial charge on any atom is 0.247 e. The number of hydrogen-bond acceptors (Lipinski definition) is 4. The topological polar surface area (TPSA) is 62.5 Å². The van der Waals surface area contributed by atoms with Crippen molar-refractivity contribution in [2.24, 2.45) is 0 Å². The summed E-state index contributed by atoms with van der Waals surface area (Å²) in [4.78, 5) is 4.48. The number of aryl methyl sites for hydroxylation is 1. The first-order chi connectivity index (χ1) is 11.7. The second-order valence-corrected chi connectivity index (χ2v) is 5.65. The Morgan fingerprint density at radius 2 is 1.83 bits per heavy atom. The van der Waals surface area contributed by atoms with Crippen LogP contribution in [0.15, 0.2) is 66.9 Å². The van der Waals surface area contributed by atoms with Crippen LogP contribution >= 0.6 is 0 Å². The van der Waals surface area contributed by atoms with Gasteiger partial charge in [-0.15, -0.1) is 5.10 Å². The van der Waals surface area contributed by atoms with Gasteiger partial charge in [0, 0.05) is 17.4 Å². The second kappa shape index (κ2) is 5.70. The Labute approximate surface area is 139 Å². The fourth-order valence-electron chi connectivity index (χ4n) is 2.72. The Kier molecular flexibility index (Phi) is 3.39. The number of hydrogen-bond donors (Lipinski definition) is 2. The van der Waals surface area contributed by atoms with Gasteiger partial charge in [-0.3, -0.25) is 0 Å². The molecule has 2 heterocycles. The highest BCUT2D eigenvalue weighted by Gasteiger charge is 2.07. The van der Waals surface area contributed by atoms with E-state index in [1.54, 1.807) is 16.6 Å². The lowest BCUT2D eigenvalue weighted by molar-refractivity contribution is 0.475. The minimum atomic E-state index is 0.271. The quantitative estimate of drug-likeness (QED) is 0.596. The molecule has 0 atom stereocenters. The van der Waals surface area contributed by atoms with Gasteiger partial charge in [0.25, 0.3) is 0 Å². The molecule has 0 aliphatic heterocycles. The van der Waals surface area contributed by atoms with Gasteiger partial charge in [-0.25, -0.2) is 4.52 Å². The molecule has 4 aromatic rings. The number of phenols is 1. The van der Waals surface area contributed by atoms with Crippen LogP contribution in [-0.2, 0) is 0 Å². The highest BCUT2D eigenvalue weighted by Crippen LogP contribution is 2.26. The van der Waals surface area contributed by atoms with Gasteiger partial charge in [-0.05, 0) is 54.4 Å². The van der Waals surface area contributed by atoms with Gasteiger partial charge in [-0.1, -0.05) is 24.3 Å². The van der Waals surface area contributed by atoms with Gasteiger partial charge in [0.05, 0.1) is 0 Å². The van der Waals surface area contributed by atoms with Crippen molar-refractivity contribution in [3.8, 4) is 16.9 Å². The summed E-state index contributed by atoms with van der Waals surface area (Å²) in [5.74, 6) is 0.827. The van der Waals surface area contributed by atoms with Crippen LogP contribution in [0.25, 0.3) is 16.8 Å². The zero-order valence-electron chi connectivity index (χ0n) is 13.1. The van der Waals surface area contributed by atoms with Crippen molar-refractivity contribution in [2.75, 3.05) is 5.32 Å². The Morgan fingerprint density at radius 3 is 2.62 bits per heavy atom. The molecule has 0 radical (unpaired) electrons. The molecule has 0 saturated carbocycles. The van der Waals surface area contributed by atoms with E-state index < -0.39 is 0 Å². The van der Waals surface area contributed by atoms with Crippen LogP contribution in [0.3, 0.4) is 0 Å². The zero-order valence-corrected chi connectivity index (χ0v) is 13.1. The molecule has 2 aromatic heterocycles. The van der Waals surface area contributed by atoms with E-state index in [4.69, 9.17) is 0 Å². The third-order valence-corrected chi connectivity index (χ3v) is 3.88. The molecule has 5 nitrogen and oxygen atoms in total. The van der Waals surface area contributed by atoms with Crippen LogP contribution in [0.1, 0.15) is 5.56 Å². The van der Waals surface area contributed by atoms with E-state index in [1.165, 1.54) is 0 Å². The fraction of sp³-hybridized carbons (Fsp3) is 0.0526. The maximum atomic E-state index is 9.56. The number of rotatable bonds is 3. The summed E-state index contributed by atoms with van der Waals surface area (Å²) in [5.41, 5.74) is 4.81. The average molecular weight is 316 g/mol.